The zero-order valence-electron chi connectivity index (χ0n) is 19.0. The molecule has 0 atom stereocenters. The molecule has 4 rings (SSSR count). The number of aryl methyl sites for hydroxylation is 1. The van der Waals surface area contributed by atoms with E-state index in [9.17, 15) is 14.7 Å². The van der Waals surface area contributed by atoms with Gasteiger partial charge in [0.2, 0.25) is 0 Å². The number of hydrogen-bond acceptors (Lipinski definition) is 8. The third-order valence-corrected chi connectivity index (χ3v) is 7.34. The highest BCUT2D eigenvalue weighted by atomic mass is 32.2. The molecule has 4 heterocycles. The molecule has 0 bridgehead atoms. The number of nitrogens with zero attached hydrogens (tertiary/aromatic N) is 5. The summed E-state index contributed by atoms with van der Waals surface area (Å²) in [5.41, 5.74) is 1.74. The van der Waals surface area contributed by atoms with Crippen molar-refractivity contribution in [3.8, 4) is 0 Å². The fraction of sp³-hybridized carbons (Fsp3) is 0.478. The highest BCUT2D eigenvalue weighted by Gasteiger charge is 2.32. The Bertz CT molecular complexity index is 1150. The van der Waals surface area contributed by atoms with E-state index in [0.29, 0.717) is 52.4 Å². The number of β-amino-alcohol motifs (C(OH)–C–C–N with tert-alkyl or cyclic N) is 1. The van der Waals surface area contributed by atoms with Gasteiger partial charge in [0.15, 0.2) is 0 Å². The topological polar surface area (TPSA) is 81.4 Å². The van der Waals surface area contributed by atoms with Crippen LogP contribution in [0.1, 0.15) is 30.9 Å². The van der Waals surface area contributed by atoms with Gasteiger partial charge in [-0.3, -0.25) is 23.8 Å². The third-order valence-electron chi connectivity index (χ3n) is 5.96. The first kappa shape index (κ1) is 23.9. The van der Waals surface area contributed by atoms with Crippen LogP contribution < -0.4 is 10.5 Å². The zero-order chi connectivity index (χ0) is 23.5. The van der Waals surface area contributed by atoms with Crippen LogP contribution in [0.3, 0.4) is 0 Å². The summed E-state index contributed by atoms with van der Waals surface area (Å²) in [6.07, 6.45) is 5.29. The molecule has 2 aliphatic heterocycles. The summed E-state index contributed by atoms with van der Waals surface area (Å²) in [5, 5.41) is 9.24. The lowest BCUT2D eigenvalue weighted by atomic mass is 10.2. The van der Waals surface area contributed by atoms with E-state index in [0.717, 1.165) is 31.5 Å². The molecule has 2 saturated heterocycles. The number of pyridine rings is 1. The van der Waals surface area contributed by atoms with Crippen LogP contribution in [0.4, 0.5) is 5.82 Å². The molecule has 2 aromatic rings. The average molecular weight is 488 g/mol. The second-order valence-electron chi connectivity index (χ2n) is 8.33. The van der Waals surface area contributed by atoms with E-state index < -0.39 is 0 Å². The van der Waals surface area contributed by atoms with E-state index >= 15 is 0 Å². The molecule has 2 aromatic heterocycles. The maximum absolute atomic E-state index is 13.6. The molecule has 1 N–H and O–H groups in total. The number of thiocarbonyl (C=S) groups is 1. The molecule has 33 heavy (non-hydrogen) atoms. The van der Waals surface area contributed by atoms with Crippen molar-refractivity contribution < 1.29 is 9.90 Å². The van der Waals surface area contributed by atoms with Crippen LogP contribution in [0.5, 0.6) is 0 Å². The fourth-order valence-electron chi connectivity index (χ4n) is 4.08. The lowest BCUT2D eigenvalue weighted by molar-refractivity contribution is -0.122. The predicted octanol–water partition coefficient (Wildman–Crippen LogP) is 2.12. The van der Waals surface area contributed by atoms with Crippen LogP contribution in [-0.2, 0) is 4.79 Å². The van der Waals surface area contributed by atoms with Crippen molar-refractivity contribution in [1.29, 1.82) is 0 Å². The number of rotatable bonds is 7. The molecular weight excluding hydrogens is 458 g/mol. The Hall–Kier alpha value is -2.27. The molecule has 0 aliphatic carbocycles. The summed E-state index contributed by atoms with van der Waals surface area (Å²) in [5.74, 6) is 0.442. The van der Waals surface area contributed by atoms with Crippen molar-refractivity contribution in [2.75, 3.05) is 50.8 Å². The highest BCUT2D eigenvalue weighted by Crippen LogP contribution is 2.33. The fourth-order valence-corrected chi connectivity index (χ4v) is 5.37. The largest absolute Gasteiger partial charge is 0.395 e. The number of aliphatic hydroxyl groups is 1. The normalized spacial score (nSPS) is 18.8. The minimum absolute atomic E-state index is 0.125. The molecule has 2 aliphatic rings. The molecule has 0 radical (unpaired) electrons. The first-order chi connectivity index (χ1) is 15.9. The number of carbonyl (C=O) groups is 1. The number of fused-ring (bicyclic) bond motifs is 1. The quantitative estimate of drug-likeness (QED) is 0.470. The van der Waals surface area contributed by atoms with Crippen LogP contribution in [0, 0.1) is 6.92 Å². The van der Waals surface area contributed by atoms with Gasteiger partial charge in [-0.25, -0.2) is 4.98 Å². The molecule has 0 saturated carbocycles. The summed E-state index contributed by atoms with van der Waals surface area (Å²) in [6, 6.07) is 3.78. The average Bonchev–Trinajstić information content (AvgIpc) is 3.07. The van der Waals surface area contributed by atoms with Gasteiger partial charge < -0.3 is 10.0 Å². The van der Waals surface area contributed by atoms with E-state index in [1.165, 1.54) is 11.8 Å². The standard InChI is InChI=1S/C23H29N5O3S2/c1-3-4-7-27-22(31)18(33-23(27)32)14-17-20(26-10-8-25(9-11-26)12-13-29)24-19-6-5-16(2)15-28(19)21(17)30/h5-6,14-15,29H,3-4,7-13H2,1-2H3. The number of hydrogen-bond donors (Lipinski definition) is 1. The second-order valence-corrected chi connectivity index (χ2v) is 10.0. The van der Waals surface area contributed by atoms with Gasteiger partial charge in [0.05, 0.1) is 17.1 Å². The molecule has 0 aromatic carbocycles. The molecule has 0 spiro atoms. The van der Waals surface area contributed by atoms with Crippen molar-refractivity contribution in [3.05, 3.63) is 44.7 Å². The van der Waals surface area contributed by atoms with Gasteiger partial charge in [0.1, 0.15) is 15.8 Å². The highest BCUT2D eigenvalue weighted by molar-refractivity contribution is 8.26. The molecule has 8 nitrogen and oxygen atoms in total. The first-order valence-corrected chi connectivity index (χ1v) is 12.5. The Balaban J connectivity index is 1.76. The van der Waals surface area contributed by atoms with E-state index in [4.69, 9.17) is 17.2 Å². The van der Waals surface area contributed by atoms with Crippen molar-refractivity contribution >= 4 is 51.7 Å². The first-order valence-electron chi connectivity index (χ1n) is 11.3. The zero-order valence-corrected chi connectivity index (χ0v) is 20.6. The third kappa shape index (κ3) is 4.98. The van der Waals surface area contributed by atoms with Crippen LogP contribution in [-0.4, -0.2) is 80.4 Å². The van der Waals surface area contributed by atoms with Gasteiger partial charge in [-0.05, 0) is 31.1 Å². The summed E-state index contributed by atoms with van der Waals surface area (Å²) >= 11 is 6.68. The number of piperazine rings is 1. The van der Waals surface area contributed by atoms with E-state index in [1.54, 1.807) is 21.6 Å². The van der Waals surface area contributed by atoms with Crippen molar-refractivity contribution in [3.63, 3.8) is 0 Å². The SMILES string of the molecule is CCCCN1C(=O)C(=Cc2c(N3CCN(CCO)CC3)nc3ccc(C)cn3c2=O)SC1=S. The van der Waals surface area contributed by atoms with E-state index in [2.05, 4.69) is 16.7 Å². The minimum atomic E-state index is -0.199. The lowest BCUT2D eigenvalue weighted by Crippen LogP contribution is -2.48. The molecule has 0 unspecified atom stereocenters. The number of unbranched alkanes of at least 4 members (excludes halogenated alkanes) is 1. The van der Waals surface area contributed by atoms with Crippen LogP contribution in [0.15, 0.2) is 28.0 Å². The number of aromatic nitrogens is 2. The number of aliphatic hydroxyl groups excluding tert-OH is 1. The summed E-state index contributed by atoms with van der Waals surface area (Å²) in [6.45, 7) is 8.27. The van der Waals surface area contributed by atoms with Crippen LogP contribution in [0.2, 0.25) is 0 Å². The summed E-state index contributed by atoms with van der Waals surface area (Å²) < 4.78 is 2.08. The minimum Gasteiger partial charge on any atom is -0.395 e. The molecular formula is C23H29N5O3S2. The van der Waals surface area contributed by atoms with E-state index in [-0.39, 0.29) is 18.1 Å². The second kappa shape index (κ2) is 10.3. The Kier molecular flexibility index (Phi) is 7.48. The van der Waals surface area contributed by atoms with Gasteiger partial charge in [0.25, 0.3) is 11.5 Å². The van der Waals surface area contributed by atoms with Gasteiger partial charge in [0, 0.05) is 45.5 Å². The Morgan fingerprint density at radius 3 is 2.64 bits per heavy atom. The van der Waals surface area contributed by atoms with Gasteiger partial charge in [-0.15, -0.1) is 0 Å². The monoisotopic (exact) mass is 487 g/mol. The lowest BCUT2D eigenvalue weighted by Gasteiger charge is -2.35. The Morgan fingerprint density at radius 2 is 1.94 bits per heavy atom. The van der Waals surface area contributed by atoms with Crippen LogP contribution in [0.25, 0.3) is 11.7 Å². The van der Waals surface area contributed by atoms with Gasteiger partial charge >= 0.3 is 0 Å². The number of anilines is 1. The Labute approximate surface area is 202 Å². The number of thioether (sulfide) groups is 1. The van der Waals surface area contributed by atoms with Gasteiger partial charge in [-0.1, -0.05) is 43.4 Å². The van der Waals surface area contributed by atoms with E-state index in [1.807, 2.05) is 19.1 Å². The Morgan fingerprint density at radius 1 is 1.18 bits per heavy atom. The van der Waals surface area contributed by atoms with Gasteiger partial charge in [-0.2, -0.15) is 0 Å². The molecule has 10 heteroatoms. The molecule has 176 valence electrons. The molecule has 1 amide bonds. The summed E-state index contributed by atoms with van der Waals surface area (Å²) in [7, 11) is 0. The van der Waals surface area contributed by atoms with Crippen molar-refractivity contribution in [2.24, 2.45) is 0 Å². The van der Waals surface area contributed by atoms with Crippen molar-refractivity contribution in [2.45, 2.75) is 26.7 Å². The number of carbonyl (C=O) groups excluding carboxylic acids is 1. The number of amides is 1. The maximum Gasteiger partial charge on any atom is 0.267 e. The smallest absolute Gasteiger partial charge is 0.267 e. The maximum atomic E-state index is 13.6. The van der Waals surface area contributed by atoms with Crippen molar-refractivity contribution in [1.82, 2.24) is 19.2 Å². The summed E-state index contributed by atoms with van der Waals surface area (Å²) in [4.78, 5) is 37.8. The molecule has 2 fully saturated rings. The van der Waals surface area contributed by atoms with Crippen LogP contribution >= 0.6 is 24.0 Å². The predicted molar refractivity (Wildman–Crippen MR) is 137 cm³/mol.